The molecule has 1 aromatic rings. The van der Waals surface area contributed by atoms with Gasteiger partial charge >= 0.3 is 0 Å². The Morgan fingerprint density at radius 2 is 2.45 bits per heavy atom. The molecule has 110 valence electrons. The number of amides is 1. The Morgan fingerprint density at radius 3 is 3.15 bits per heavy atom. The number of hydrogen-bond acceptors (Lipinski definition) is 5. The van der Waals surface area contributed by atoms with Gasteiger partial charge in [0.2, 0.25) is 5.95 Å². The first-order valence-corrected chi connectivity index (χ1v) is 7.18. The van der Waals surface area contributed by atoms with Gasteiger partial charge in [-0.1, -0.05) is 6.92 Å². The minimum atomic E-state index is -0.165. The van der Waals surface area contributed by atoms with Crippen LogP contribution in [0.15, 0.2) is 12.3 Å². The molecule has 2 rings (SSSR count). The molecule has 6 nitrogen and oxygen atoms in total. The summed E-state index contributed by atoms with van der Waals surface area (Å²) in [5.74, 6) is 0.305. The second kappa shape index (κ2) is 7.19. The van der Waals surface area contributed by atoms with E-state index in [-0.39, 0.29) is 18.1 Å². The summed E-state index contributed by atoms with van der Waals surface area (Å²) in [6.45, 7) is 5.50. The van der Waals surface area contributed by atoms with E-state index in [1.165, 1.54) is 0 Å². The van der Waals surface area contributed by atoms with Crippen LogP contribution < -0.4 is 10.6 Å². The lowest BCUT2D eigenvalue weighted by molar-refractivity contribution is 0.0934. The molecule has 2 heterocycles. The molecule has 0 saturated carbocycles. The van der Waals surface area contributed by atoms with Crippen molar-refractivity contribution in [2.75, 3.05) is 18.5 Å². The maximum atomic E-state index is 12.0. The highest BCUT2D eigenvalue weighted by molar-refractivity contribution is 5.92. The summed E-state index contributed by atoms with van der Waals surface area (Å²) in [4.78, 5) is 20.3. The van der Waals surface area contributed by atoms with Crippen LogP contribution in [0.2, 0.25) is 0 Å². The Bertz CT molecular complexity index is 447. The molecule has 20 heavy (non-hydrogen) atoms. The third-order valence-electron chi connectivity index (χ3n) is 3.39. The van der Waals surface area contributed by atoms with Crippen molar-refractivity contribution in [2.24, 2.45) is 0 Å². The molecule has 1 fully saturated rings. The summed E-state index contributed by atoms with van der Waals surface area (Å²) >= 11 is 0. The van der Waals surface area contributed by atoms with Gasteiger partial charge in [0.05, 0.1) is 6.10 Å². The molecule has 1 aliphatic rings. The van der Waals surface area contributed by atoms with Crippen molar-refractivity contribution >= 4 is 11.9 Å². The standard InChI is InChI=1S/C14H22N4O2/c1-3-10(2)17-13(19)12-6-7-15-14(18-12)16-9-11-5-4-8-20-11/h6-7,10-11H,3-5,8-9H2,1-2H3,(H,17,19)(H,15,16,18). The van der Waals surface area contributed by atoms with Crippen LogP contribution in [0.3, 0.4) is 0 Å². The highest BCUT2D eigenvalue weighted by atomic mass is 16.5. The average Bonchev–Trinajstić information content (AvgIpc) is 2.98. The van der Waals surface area contributed by atoms with Crippen molar-refractivity contribution in [1.29, 1.82) is 0 Å². The molecule has 0 bridgehead atoms. The predicted molar refractivity (Wildman–Crippen MR) is 76.7 cm³/mol. The van der Waals surface area contributed by atoms with Gasteiger partial charge in [-0.3, -0.25) is 4.79 Å². The quantitative estimate of drug-likeness (QED) is 0.826. The van der Waals surface area contributed by atoms with Crippen LogP contribution in [-0.2, 0) is 4.74 Å². The lowest BCUT2D eigenvalue weighted by atomic mass is 10.2. The lowest BCUT2D eigenvalue weighted by Gasteiger charge is -2.12. The second-order valence-corrected chi connectivity index (χ2v) is 5.06. The molecule has 6 heteroatoms. The van der Waals surface area contributed by atoms with Gasteiger partial charge in [0, 0.05) is 25.4 Å². The minimum absolute atomic E-state index is 0.140. The first-order valence-electron chi connectivity index (χ1n) is 7.18. The van der Waals surface area contributed by atoms with Crippen LogP contribution >= 0.6 is 0 Å². The number of nitrogens with one attached hydrogen (secondary N) is 2. The number of aromatic nitrogens is 2. The Labute approximate surface area is 119 Å². The van der Waals surface area contributed by atoms with E-state index in [0.29, 0.717) is 18.2 Å². The van der Waals surface area contributed by atoms with Crippen molar-refractivity contribution in [3.63, 3.8) is 0 Å². The van der Waals surface area contributed by atoms with Gasteiger partial charge < -0.3 is 15.4 Å². The fourth-order valence-corrected chi connectivity index (χ4v) is 1.98. The van der Waals surface area contributed by atoms with Gasteiger partial charge in [-0.15, -0.1) is 0 Å². The van der Waals surface area contributed by atoms with Gasteiger partial charge in [-0.05, 0) is 32.3 Å². The molecule has 2 N–H and O–H groups in total. The summed E-state index contributed by atoms with van der Waals surface area (Å²) in [6.07, 6.45) is 4.86. The van der Waals surface area contributed by atoms with Crippen molar-refractivity contribution in [2.45, 2.75) is 45.3 Å². The molecule has 0 spiro atoms. The molecule has 2 atom stereocenters. The Morgan fingerprint density at radius 1 is 1.60 bits per heavy atom. The zero-order valence-electron chi connectivity index (χ0n) is 12.1. The Kier molecular flexibility index (Phi) is 5.29. The monoisotopic (exact) mass is 278 g/mol. The Balaban J connectivity index is 1.91. The topological polar surface area (TPSA) is 76.1 Å². The average molecular weight is 278 g/mol. The van der Waals surface area contributed by atoms with E-state index < -0.39 is 0 Å². The number of ether oxygens (including phenoxy) is 1. The molecule has 0 aromatic carbocycles. The third-order valence-corrected chi connectivity index (χ3v) is 3.39. The van der Waals surface area contributed by atoms with Crippen LogP contribution in [0.25, 0.3) is 0 Å². The van der Waals surface area contributed by atoms with E-state index in [1.54, 1.807) is 12.3 Å². The molecular weight excluding hydrogens is 256 g/mol. The van der Waals surface area contributed by atoms with Crippen molar-refractivity contribution in [3.05, 3.63) is 18.0 Å². The van der Waals surface area contributed by atoms with Gasteiger partial charge in [-0.2, -0.15) is 0 Å². The normalized spacial score (nSPS) is 19.6. The molecule has 1 saturated heterocycles. The SMILES string of the molecule is CCC(C)NC(=O)c1ccnc(NCC2CCCO2)n1. The molecule has 2 unspecified atom stereocenters. The largest absolute Gasteiger partial charge is 0.376 e. The number of carbonyl (C=O) groups excluding carboxylic acids is 1. The second-order valence-electron chi connectivity index (χ2n) is 5.06. The van der Waals surface area contributed by atoms with Crippen LogP contribution in [0.5, 0.6) is 0 Å². The summed E-state index contributed by atoms with van der Waals surface area (Å²) in [5, 5.41) is 6.01. The van der Waals surface area contributed by atoms with Crippen LogP contribution in [0.4, 0.5) is 5.95 Å². The third kappa shape index (κ3) is 4.16. The van der Waals surface area contributed by atoms with Gasteiger partial charge in [0.25, 0.3) is 5.91 Å². The van der Waals surface area contributed by atoms with E-state index in [1.807, 2.05) is 13.8 Å². The molecule has 1 amide bonds. The number of anilines is 1. The highest BCUT2D eigenvalue weighted by Gasteiger charge is 2.16. The number of hydrogen-bond donors (Lipinski definition) is 2. The van der Waals surface area contributed by atoms with E-state index in [0.717, 1.165) is 25.9 Å². The maximum absolute atomic E-state index is 12.0. The smallest absolute Gasteiger partial charge is 0.270 e. The predicted octanol–water partition coefficient (Wildman–Crippen LogP) is 1.60. The highest BCUT2D eigenvalue weighted by Crippen LogP contribution is 2.12. The maximum Gasteiger partial charge on any atom is 0.270 e. The first-order chi connectivity index (χ1) is 9.69. The van der Waals surface area contributed by atoms with Crippen molar-refractivity contribution < 1.29 is 9.53 Å². The molecule has 0 radical (unpaired) electrons. The van der Waals surface area contributed by atoms with Gasteiger partial charge in [-0.25, -0.2) is 9.97 Å². The molecule has 1 aliphatic heterocycles. The van der Waals surface area contributed by atoms with Crippen LogP contribution in [0.1, 0.15) is 43.6 Å². The summed E-state index contributed by atoms with van der Waals surface area (Å²) < 4.78 is 5.52. The number of nitrogens with zero attached hydrogens (tertiary/aromatic N) is 2. The van der Waals surface area contributed by atoms with Crippen LogP contribution in [0, 0.1) is 0 Å². The minimum Gasteiger partial charge on any atom is -0.376 e. The molecular formula is C14H22N4O2. The van der Waals surface area contributed by atoms with E-state index in [4.69, 9.17) is 4.74 Å². The van der Waals surface area contributed by atoms with E-state index in [9.17, 15) is 4.79 Å². The van der Waals surface area contributed by atoms with Gasteiger partial charge in [0.15, 0.2) is 0 Å². The van der Waals surface area contributed by atoms with Crippen molar-refractivity contribution in [1.82, 2.24) is 15.3 Å². The van der Waals surface area contributed by atoms with Crippen molar-refractivity contribution in [3.8, 4) is 0 Å². The first kappa shape index (κ1) is 14.7. The zero-order valence-corrected chi connectivity index (χ0v) is 12.1. The zero-order chi connectivity index (χ0) is 14.4. The fraction of sp³-hybridized carbons (Fsp3) is 0.643. The van der Waals surface area contributed by atoms with Gasteiger partial charge in [0.1, 0.15) is 5.69 Å². The van der Waals surface area contributed by atoms with E-state index in [2.05, 4.69) is 20.6 Å². The summed E-state index contributed by atoms with van der Waals surface area (Å²) in [7, 11) is 0. The number of carbonyl (C=O) groups is 1. The molecule has 0 aliphatic carbocycles. The Hall–Kier alpha value is -1.69. The summed E-state index contributed by atoms with van der Waals surface area (Å²) in [5.41, 5.74) is 0.384. The summed E-state index contributed by atoms with van der Waals surface area (Å²) in [6, 6.07) is 1.76. The van der Waals surface area contributed by atoms with Crippen LogP contribution in [-0.4, -0.2) is 41.2 Å². The van der Waals surface area contributed by atoms with E-state index >= 15 is 0 Å². The lowest BCUT2D eigenvalue weighted by Crippen LogP contribution is -2.32. The molecule has 1 aromatic heterocycles. The number of rotatable bonds is 6. The fourth-order valence-electron chi connectivity index (χ4n) is 1.98.